The van der Waals surface area contributed by atoms with Crippen LogP contribution in [0.15, 0.2) is 71.8 Å². The molecule has 0 saturated carbocycles. The molecule has 0 radical (unpaired) electrons. The highest BCUT2D eigenvalue weighted by atomic mass is 35.5. The molecular formula is C26H23Cl2N3O2. The predicted octanol–water partition coefficient (Wildman–Crippen LogP) is 6.47. The van der Waals surface area contributed by atoms with Gasteiger partial charge < -0.3 is 9.30 Å². The summed E-state index contributed by atoms with van der Waals surface area (Å²) in [5, 5.41) is 6.49. The minimum Gasteiger partial charge on any atom is -0.494 e. The zero-order valence-electron chi connectivity index (χ0n) is 18.3. The van der Waals surface area contributed by atoms with Crippen molar-refractivity contribution in [2.75, 3.05) is 6.61 Å². The van der Waals surface area contributed by atoms with Crippen LogP contribution in [-0.4, -0.2) is 23.3 Å². The molecule has 0 saturated heterocycles. The lowest BCUT2D eigenvalue weighted by molar-refractivity contribution is 0.0955. The Morgan fingerprint density at radius 3 is 2.58 bits per heavy atom. The molecule has 4 aromatic rings. The molecule has 7 heteroatoms. The van der Waals surface area contributed by atoms with Crippen LogP contribution in [0.5, 0.6) is 5.75 Å². The van der Waals surface area contributed by atoms with Gasteiger partial charge in [-0.3, -0.25) is 4.79 Å². The number of carbonyl (C=O) groups excluding carboxylic acids is 1. The summed E-state index contributed by atoms with van der Waals surface area (Å²) in [4.78, 5) is 12.5. The molecule has 1 heterocycles. The second-order valence-electron chi connectivity index (χ2n) is 7.49. The van der Waals surface area contributed by atoms with Crippen molar-refractivity contribution in [1.29, 1.82) is 0 Å². The number of ether oxygens (including phenoxy) is 1. The summed E-state index contributed by atoms with van der Waals surface area (Å²) in [6.07, 6.45) is 1.68. The molecule has 33 heavy (non-hydrogen) atoms. The van der Waals surface area contributed by atoms with Crippen LogP contribution >= 0.6 is 23.2 Å². The average molecular weight is 480 g/mol. The van der Waals surface area contributed by atoms with Crippen molar-refractivity contribution in [1.82, 2.24) is 9.99 Å². The van der Waals surface area contributed by atoms with Crippen molar-refractivity contribution in [3.63, 3.8) is 0 Å². The number of hydrogen-bond donors (Lipinski definition) is 1. The summed E-state index contributed by atoms with van der Waals surface area (Å²) in [5.74, 6) is 0.436. The van der Waals surface area contributed by atoms with Gasteiger partial charge in [-0.15, -0.1) is 0 Å². The Bertz CT molecular complexity index is 1330. The van der Waals surface area contributed by atoms with E-state index in [-0.39, 0.29) is 5.91 Å². The van der Waals surface area contributed by atoms with Gasteiger partial charge in [0, 0.05) is 44.3 Å². The van der Waals surface area contributed by atoms with Crippen molar-refractivity contribution in [3.05, 3.63) is 99.2 Å². The number of hydrazone groups is 1. The number of halogens is 2. The number of para-hydroxylation sites is 1. The van der Waals surface area contributed by atoms with Crippen LogP contribution in [-0.2, 0) is 6.54 Å². The largest absolute Gasteiger partial charge is 0.494 e. The first kappa shape index (κ1) is 22.9. The zero-order valence-corrected chi connectivity index (χ0v) is 19.8. The van der Waals surface area contributed by atoms with E-state index in [9.17, 15) is 4.79 Å². The third-order valence-corrected chi connectivity index (χ3v) is 6.00. The van der Waals surface area contributed by atoms with Crippen molar-refractivity contribution in [3.8, 4) is 5.75 Å². The Kier molecular flexibility index (Phi) is 7.02. The van der Waals surface area contributed by atoms with Gasteiger partial charge in [0.1, 0.15) is 5.75 Å². The first-order chi connectivity index (χ1) is 16.0. The van der Waals surface area contributed by atoms with E-state index in [1.807, 2.05) is 44.2 Å². The van der Waals surface area contributed by atoms with Crippen LogP contribution in [0.3, 0.4) is 0 Å². The molecule has 3 aromatic carbocycles. The lowest BCUT2D eigenvalue weighted by Gasteiger charge is -2.10. The molecule has 1 amide bonds. The molecule has 0 fully saturated rings. The van der Waals surface area contributed by atoms with Crippen molar-refractivity contribution in [2.24, 2.45) is 5.10 Å². The van der Waals surface area contributed by atoms with Crippen LogP contribution in [0.1, 0.15) is 34.1 Å². The van der Waals surface area contributed by atoms with E-state index < -0.39 is 0 Å². The summed E-state index contributed by atoms with van der Waals surface area (Å²) in [5.41, 5.74) is 7.09. The van der Waals surface area contributed by atoms with Gasteiger partial charge in [-0.25, -0.2) is 5.43 Å². The standard InChI is InChI=1S/C26H23Cl2N3O2/c1-3-33-21-12-9-18(10-13-21)26(32)30-29-15-23-17(2)31(25-7-5-4-6-22(23)25)16-19-8-11-20(27)14-24(19)28/h4-15H,3,16H2,1-2H3,(H,30,32)/b29-15-. The number of nitrogens with one attached hydrogen (secondary N) is 1. The number of carbonyl (C=O) groups is 1. The molecule has 0 aliphatic carbocycles. The second kappa shape index (κ2) is 10.1. The molecular weight excluding hydrogens is 457 g/mol. The van der Waals surface area contributed by atoms with E-state index in [1.54, 1.807) is 36.5 Å². The van der Waals surface area contributed by atoms with Gasteiger partial charge >= 0.3 is 0 Å². The third kappa shape index (κ3) is 5.05. The molecule has 0 aliphatic rings. The lowest BCUT2D eigenvalue weighted by Crippen LogP contribution is -2.17. The van der Waals surface area contributed by atoms with E-state index in [4.69, 9.17) is 27.9 Å². The molecule has 1 aromatic heterocycles. The van der Waals surface area contributed by atoms with Gasteiger partial charge in [-0.1, -0.05) is 47.5 Å². The minimum absolute atomic E-state index is 0.288. The first-order valence-electron chi connectivity index (χ1n) is 10.6. The van der Waals surface area contributed by atoms with Gasteiger partial charge in [-0.05, 0) is 61.9 Å². The number of fused-ring (bicyclic) bond motifs is 1. The van der Waals surface area contributed by atoms with Gasteiger partial charge in [0.05, 0.1) is 12.8 Å². The topological polar surface area (TPSA) is 55.6 Å². The molecule has 0 bridgehead atoms. The fourth-order valence-corrected chi connectivity index (χ4v) is 4.20. The summed E-state index contributed by atoms with van der Waals surface area (Å²) in [6, 6.07) is 20.5. The number of rotatable bonds is 7. The summed E-state index contributed by atoms with van der Waals surface area (Å²) in [7, 11) is 0. The smallest absolute Gasteiger partial charge is 0.271 e. The van der Waals surface area contributed by atoms with Gasteiger partial charge in [0.25, 0.3) is 5.91 Å². The zero-order chi connectivity index (χ0) is 23.4. The predicted molar refractivity (Wildman–Crippen MR) is 135 cm³/mol. The van der Waals surface area contributed by atoms with E-state index in [1.165, 1.54) is 0 Å². The highest BCUT2D eigenvalue weighted by Gasteiger charge is 2.14. The summed E-state index contributed by atoms with van der Waals surface area (Å²) >= 11 is 12.5. The number of aromatic nitrogens is 1. The number of benzene rings is 3. The Morgan fingerprint density at radius 1 is 1.09 bits per heavy atom. The fourth-order valence-electron chi connectivity index (χ4n) is 3.73. The molecule has 0 atom stereocenters. The third-order valence-electron chi connectivity index (χ3n) is 5.41. The van der Waals surface area contributed by atoms with Gasteiger partial charge in [0.15, 0.2) is 0 Å². The fraction of sp³-hybridized carbons (Fsp3) is 0.154. The van der Waals surface area contributed by atoms with Crippen LogP contribution in [0.2, 0.25) is 10.0 Å². The number of hydrogen-bond acceptors (Lipinski definition) is 3. The SMILES string of the molecule is CCOc1ccc(C(=O)N/N=C\c2c(C)n(Cc3ccc(Cl)cc3Cl)c3ccccc23)cc1. The van der Waals surface area contributed by atoms with Crippen molar-refractivity contribution in [2.45, 2.75) is 20.4 Å². The maximum atomic E-state index is 12.5. The normalized spacial score (nSPS) is 11.3. The molecule has 0 unspecified atom stereocenters. The second-order valence-corrected chi connectivity index (χ2v) is 8.34. The van der Waals surface area contributed by atoms with Crippen LogP contribution < -0.4 is 10.2 Å². The Morgan fingerprint density at radius 2 is 1.85 bits per heavy atom. The van der Waals surface area contributed by atoms with E-state index in [0.717, 1.165) is 33.5 Å². The first-order valence-corrected chi connectivity index (χ1v) is 11.3. The maximum absolute atomic E-state index is 12.5. The quantitative estimate of drug-likeness (QED) is 0.244. The Balaban J connectivity index is 1.58. The summed E-state index contributed by atoms with van der Waals surface area (Å²) < 4.78 is 7.59. The molecule has 5 nitrogen and oxygen atoms in total. The van der Waals surface area contributed by atoms with Crippen LogP contribution in [0.25, 0.3) is 10.9 Å². The Hall–Kier alpha value is -3.28. The highest BCUT2D eigenvalue weighted by molar-refractivity contribution is 6.35. The number of amides is 1. The minimum atomic E-state index is -0.288. The van der Waals surface area contributed by atoms with Gasteiger partial charge in [-0.2, -0.15) is 5.10 Å². The molecule has 168 valence electrons. The van der Waals surface area contributed by atoms with E-state index in [2.05, 4.69) is 21.2 Å². The average Bonchev–Trinajstić information content (AvgIpc) is 3.07. The van der Waals surface area contributed by atoms with E-state index in [0.29, 0.717) is 28.8 Å². The molecule has 0 spiro atoms. The lowest BCUT2D eigenvalue weighted by atomic mass is 10.1. The van der Waals surface area contributed by atoms with Crippen LogP contribution in [0, 0.1) is 6.92 Å². The van der Waals surface area contributed by atoms with Crippen LogP contribution in [0.4, 0.5) is 0 Å². The van der Waals surface area contributed by atoms with E-state index >= 15 is 0 Å². The monoisotopic (exact) mass is 479 g/mol. The highest BCUT2D eigenvalue weighted by Crippen LogP contribution is 2.28. The van der Waals surface area contributed by atoms with Crippen molar-refractivity contribution >= 4 is 46.2 Å². The number of nitrogens with zero attached hydrogens (tertiary/aromatic N) is 2. The molecule has 4 rings (SSSR count). The maximum Gasteiger partial charge on any atom is 0.271 e. The van der Waals surface area contributed by atoms with Gasteiger partial charge in [0.2, 0.25) is 0 Å². The molecule has 1 N–H and O–H groups in total. The summed E-state index contributed by atoms with van der Waals surface area (Å²) in [6.45, 7) is 5.11. The van der Waals surface area contributed by atoms with Crippen molar-refractivity contribution < 1.29 is 9.53 Å². The molecule has 0 aliphatic heterocycles. The Labute approximate surface area is 202 Å².